The molecule has 3 rings (SSSR count). The minimum Gasteiger partial charge on any atom is -0.387 e. The number of amides is 2. The maximum absolute atomic E-state index is 11.9. The third-order valence-electron chi connectivity index (χ3n) is 3.90. The number of aromatic nitrogens is 2. The number of hydrogen-bond donors (Lipinski definition) is 3. The van der Waals surface area contributed by atoms with Crippen molar-refractivity contribution in [2.45, 2.75) is 12.6 Å². The molecule has 2 aromatic carbocycles. The summed E-state index contributed by atoms with van der Waals surface area (Å²) < 4.78 is 1.90. The van der Waals surface area contributed by atoms with Crippen LogP contribution in [0.5, 0.6) is 0 Å². The number of hydrogen-bond acceptors (Lipinski definition) is 3. The smallest absolute Gasteiger partial charge is 0.315 e. The summed E-state index contributed by atoms with van der Waals surface area (Å²) in [5.74, 6) is 0. The molecule has 0 aliphatic rings. The van der Waals surface area contributed by atoms with Gasteiger partial charge in [-0.05, 0) is 35.4 Å². The molecular formula is C19H19ClN4O2. The van der Waals surface area contributed by atoms with Crippen LogP contribution in [0.25, 0.3) is 5.69 Å². The molecule has 0 saturated carbocycles. The lowest BCUT2D eigenvalue weighted by molar-refractivity contribution is 0.173. The van der Waals surface area contributed by atoms with E-state index in [1.54, 1.807) is 36.8 Å². The van der Waals surface area contributed by atoms with E-state index in [2.05, 4.69) is 15.6 Å². The molecule has 1 atom stereocenters. The average Bonchev–Trinajstić information content (AvgIpc) is 3.20. The predicted octanol–water partition coefficient (Wildman–Crippen LogP) is 3.06. The molecule has 134 valence electrons. The van der Waals surface area contributed by atoms with Gasteiger partial charge in [0.2, 0.25) is 0 Å². The number of nitrogens with zero attached hydrogens (tertiary/aromatic N) is 2. The average molecular weight is 371 g/mol. The molecular weight excluding hydrogens is 352 g/mol. The van der Waals surface area contributed by atoms with E-state index in [0.717, 1.165) is 11.3 Å². The summed E-state index contributed by atoms with van der Waals surface area (Å²) in [5, 5.41) is 16.1. The van der Waals surface area contributed by atoms with Crippen molar-refractivity contribution in [1.82, 2.24) is 20.2 Å². The molecule has 26 heavy (non-hydrogen) atoms. The Bertz CT molecular complexity index is 833. The number of aliphatic hydroxyl groups is 1. The van der Waals surface area contributed by atoms with Gasteiger partial charge in [0.1, 0.15) is 0 Å². The van der Waals surface area contributed by atoms with E-state index in [-0.39, 0.29) is 12.6 Å². The first-order valence-electron chi connectivity index (χ1n) is 8.14. The van der Waals surface area contributed by atoms with Crippen LogP contribution < -0.4 is 10.6 Å². The zero-order valence-electron chi connectivity index (χ0n) is 14.0. The molecule has 1 heterocycles. The molecule has 1 aromatic heterocycles. The highest BCUT2D eigenvalue weighted by Gasteiger charge is 2.09. The molecule has 3 aromatic rings. The Morgan fingerprint density at radius 3 is 2.50 bits per heavy atom. The van der Waals surface area contributed by atoms with Gasteiger partial charge in [-0.1, -0.05) is 35.9 Å². The SMILES string of the molecule is O=C(NCc1ccc(-n2ccnc2)cc1)NCC(O)c1ccc(Cl)cc1. The van der Waals surface area contributed by atoms with Gasteiger partial charge in [0.15, 0.2) is 0 Å². The van der Waals surface area contributed by atoms with Crippen LogP contribution in [0.3, 0.4) is 0 Å². The quantitative estimate of drug-likeness (QED) is 0.624. The number of rotatable bonds is 6. The van der Waals surface area contributed by atoms with Crippen LogP contribution in [-0.4, -0.2) is 27.2 Å². The Morgan fingerprint density at radius 2 is 1.85 bits per heavy atom. The normalized spacial score (nSPS) is 11.8. The molecule has 0 fully saturated rings. The van der Waals surface area contributed by atoms with E-state index in [4.69, 9.17) is 11.6 Å². The van der Waals surface area contributed by atoms with E-state index in [1.807, 2.05) is 35.0 Å². The van der Waals surface area contributed by atoms with Gasteiger partial charge in [0.25, 0.3) is 0 Å². The van der Waals surface area contributed by atoms with Crippen LogP contribution in [0.2, 0.25) is 5.02 Å². The minimum atomic E-state index is -0.785. The molecule has 2 amide bonds. The number of nitrogens with one attached hydrogen (secondary N) is 2. The Hall–Kier alpha value is -2.83. The summed E-state index contributed by atoms with van der Waals surface area (Å²) >= 11 is 5.82. The zero-order valence-corrected chi connectivity index (χ0v) is 14.7. The number of urea groups is 1. The maximum Gasteiger partial charge on any atom is 0.315 e. The lowest BCUT2D eigenvalue weighted by Gasteiger charge is -2.13. The number of carbonyl (C=O) groups excluding carboxylic acids is 1. The van der Waals surface area contributed by atoms with Crippen LogP contribution in [0.1, 0.15) is 17.2 Å². The molecule has 7 heteroatoms. The lowest BCUT2D eigenvalue weighted by Crippen LogP contribution is -2.37. The van der Waals surface area contributed by atoms with Gasteiger partial charge in [-0.3, -0.25) is 0 Å². The molecule has 0 bridgehead atoms. The van der Waals surface area contributed by atoms with Crippen LogP contribution >= 0.6 is 11.6 Å². The maximum atomic E-state index is 11.9. The highest BCUT2D eigenvalue weighted by atomic mass is 35.5. The van der Waals surface area contributed by atoms with Crippen molar-refractivity contribution < 1.29 is 9.90 Å². The summed E-state index contributed by atoms with van der Waals surface area (Å²) in [6.45, 7) is 0.514. The van der Waals surface area contributed by atoms with Crippen LogP contribution in [0.15, 0.2) is 67.3 Å². The fourth-order valence-corrected chi connectivity index (χ4v) is 2.56. The monoisotopic (exact) mass is 370 g/mol. The second-order valence-electron chi connectivity index (χ2n) is 5.77. The minimum absolute atomic E-state index is 0.118. The van der Waals surface area contributed by atoms with E-state index in [1.165, 1.54) is 0 Å². The van der Waals surface area contributed by atoms with Crippen molar-refractivity contribution in [2.24, 2.45) is 0 Å². The summed E-state index contributed by atoms with van der Waals surface area (Å²) in [5.41, 5.74) is 2.67. The Morgan fingerprint density at radius 1 is 1.12 bits per heavy atom. The van der Waals surface area contributed by atoms with Crippen LogP contribution in [-0.2, 0) is 6.54 Å². The van der Waals surface area contributed by atoms with Crippen molar-refractivity contribution in [1.29, 1.82) is 0 Å². The third-order valence-corrected chi connectivity index (χ3v) is 4.15. The Labute approximate surface area is 156 Å². The van der Waals surface area contributed by atoms with Crippen molar-refractivity contribution in [3.05, 3.63) is 83.4 Å². The van der Waals surface area contributed by atoms with Gasteiger partial charge in [0, 0.05) is 36.2 Å². The van der Waals surface area contributed by atoms with Crippen molar-refractivity contribution in [2.75, 3.05) is 6.54 Å². The number of halogens is 1. The van der Waals surface area contributed by atoms with Gasteiger partial charge in [-0.25, -0.2) is 9.78 Å². The fourth-order valence-electron chi connectivity index (χ4n) is 2.43. The molecule has 0 aliphatic heterocycles. The molecule has 0 radical (unpaired) electrons. The topological polar surface area (TPSA) is 79.2 Å². The number of benzene rings is 2. The largest absolute Gasteiger partial charge is 0.387 e. The van der Waals surface area contributed by atoms with Gasteiger partial charge < -0.3 is 20.3 Å². The predicted molar refractivity (Wildman–Crippen MR) is 100 cm³/mol. The zero-order chi connectivity index (χ0) is 18.4. The third kappa shape index (κ3) is 4.84. The first kappa shape index (κ1) is 18.0. The summed E-state index contributed by atoms with van der Waals surface area (Å²) in [7, 11) is 0. The molecule has 0 aliphatic carbocycles. The van der Waals surface area contributed by atoms with E-state index in [0.29, 0.717) is 17.1 Å². The molecule has 0 saturated heterocycles. The standard InChI is InChI=1S/C19H19ClN4O2/c20-16-5-3-15(4-6-16)18(25)12-23-19(26)22-11-14-1-7-17(8-2-14)24-10-9-21-13-24/h1-10,13,18,25H,11-12H2,(H2,22,23,26). The molecule has 1 unspecified atom stereocenters. The van der Waals surface area contributed by atoms with Gasteiger partial charge >= 0.3 is 6.03 Å². The number of aliphatic hydroxyl groups excluding tert-OH is 1. The Kier molecular flexibility index (Phi) is 5.88. The van der Waals surface area contributed by atoms with E-state index >= 15 is 0 Å². The van der Waals surface area contributed by atoms with E-state index in [9.17, 15) is 9.90 Å². The summed E-state index contributed by atoms with van der Waals surface area (Å²) in [6.07, 6.45) is 4.53. The van der Waals surface area contributed by atoms with Crippen molar-refractivity contribution in [3.63, 3.8) is 0 Å². The first-order valence-corrected chi connectivity index (χ1v) is 8.52. The van der Waals surface area contributed by atoms with Crippen molar-refractivity contribution in [3.8, 4) is 5.69 Å². The highest BCUT2D eigenvalue weighted by molar-refractivity contribution is 6.30. The van der Waals surface area contributed by atoms with E-state index < -0.39 is 6.10 Å². The first-order chi connectivity index (χ1) is 12.6. The number of carbonyl (C=O) groups is 1. The molecule has 0 spiro atoms. The number of imidazole rings is 1. The summed E-state index contributed by atoms with van der Waals surface area (Å²) in [6, 6.07) is 14.3. The summed E-state index contributed by atoms with van der Waals surface area (Å²) in [4.78, 5) is 15.9. The Balaban J connectivity index is 1.44. The lowest BCUT2D eigenvalue weighted by atomic mass is 10.1. The van der Waals surface area contributed by atoms with Gasteiger partial charge in [0.05, 0.1) is 12.4 Å². The fraction of sp³-hybridized carbons (Fsp3) is 0.158. The van der Waals surface area contributed by atoms with Gasteiger partial charge in [-0.15, -0.1) is 0 Å². The second kappa shape index (κ2) is 8.51. The van der Waals surface area contributed by atoms with Gasteiger partial charge in [-0.2, -0.15) is 0 Å². The highest BCUT2D eigenvalue weighted by Crippen LogP contribution is 2.15. The van der Waals surface area contributed by atoms with Crippen molar-refractivity contribution >= 4 is 17.6 Å². The van der Waals surface area contributed by atoms with Crippen LogP contribution in [0.4, 0.5) is 4.79 Å². The molecule has 6 nitrogen and oxygen atoms in total. The second-order valence-corrected chi connectivity index (χ2v) is 6.20. The van der Waals surface area contributed by atoms with Crippen LogP contribution in [0, 0.1) is 0 Å². The molecule has 3 N–H and O–H groups in total.